The normalized spacial score (nSPS) is 15.7. The summed E-state index contributed by atoms with van der Waals surface area (Å²) < 4.78 is 40.1. The molecule has 0 heterocycles. The Morgan fingerprint density at radius 3 is 2.36 bits per heavy atom. The lowest BCUT2D eigenvalue weighted by molar-refractivity contribution is 0.0195. The third kappa shape index (κ3) is 6.52. The van der Waals surface area contributed by atoms with Gasteiger partial charge in [0.1, 0.15) is 0 Å². The lowest BCUT2D eigenvalue weighted by atomic mass is 9.83. The molecule has 0 saturated heterocycles. The number of hydrogen-bond acceptors (Lipinski definition) is 6. The van der Waals surface area contributed by atoms with Crippen molar-refractivity contribution in [3.8, 4) is 0 Å². The fraction of sp³-hybridized carbons (Fsp3) is 0.650. The molecule has 1 aliphatic rings. The van der Waals surface area contributed by atoms with Crippen molar-refractivity contribution in [1.82, 2.24) is 0 Å². The lowest BCUT2D eigenvalue weighted by Crippen LogP contribution is -2.19. The Balaban J connectivity index is 2.14. The van der Waals surface area contributed by atoms with E-state index in [1.54, 1.807) is 7.11 Å². The highest BCUT2D eigenvalue weighted by molar-refractivity contribution is 7.90. The first-order chi connectivity index (χ1) is 13.4. The maximum atomic E-state index is 12.9. The first kappa shape index (κ1) is 23.3. The molecule has 0 atom stereocenters. The maximum Gasteiger partial charge on any atom is 0.175 e. The molecular weight excluding hydrogens is 404 g/mol. The van der Waals surface area contributed by atoms with Gasteiger partial charge in [-0.1, -0.05) is 30.9 Å². The monoisotopic (exact) mass is 432 g/mol. The maximum absolute atomic E-state index is 12.9. The van der Waals surface area contributed by atoms with E-state index >= 15 is 0 Å². The molecule has 1 aliphatic carbocycles. The molecule has 0 amide bonds. The highest BCUT2D eigenvalue weighted by Gasteiger charge is 2.27. The number of halogens is 1. The molecule has 1 aromatic carbocycles. The van der Waals surface area contributed by atoms with Crippen molar-refractivity contribution in [1.29, 1.82) is 0 Å². The second-order valence-corrected chi connectivity index (χ2v) is 9.40. The molecule has 1 aromatic rings. The Hall–Kier alpha value is -0.990. The number of hydrogen-bond donors (Lipinski definition) is 0. The molecule has 158 valence electrons. The Morgan fingerprint density at radius 2 is 1.71 bits per heavy atom. The van der Waals surface area contributed by atoms with Crippen LogP contribution in [0.25, 0.3) is 0 Å². The van der Waals surface area contributed by atoms with Gasteiger partial charge in [0, 0.05) is 30.4 Å². The van der Waals surface area contributed by atoms with Crippen LogP contribution in [0, 0.1) is 5.92 Å². The second-order valence-electron chi connectivity index (χ2n) is 7.03. The Bertz CT molecular complexity index is 756. The van der Waals surface area contributed by atoms with E-state index in [4.69, 9.17) is 25.8 Å². The molecule has 0 unspecified atom stereocenters. The largest absolute Gasteiger partial charge is 0.382 e. The predicted molar refractivity (Wildman–Crippen MR) is 108 cm³/mol. The van der Waals surface area contributed by atoms with E-state index < -0.39 is 9.84 Å². The summed E-state index contributed by atoms with van der Waals surface area (Å²) in [5.41, 5.74) is 0.721. The number of ketones is 1. The van der Waals surface area contributed by atoms with Gasteiger partial charge in [-0.15, -0.1) is 0 Å². The third-order valence-electron chi connectivity index (χ3n) is 4.89. The summed E-state index contributed by atoms with van der Waals surface area (Å²) in [5.74, 6) is -0.0489. The smallest absolute Gasteiger partial charge is 0.175 e. The van der Waals surface area contributed by atoms with Crippen LogP contribution in [-0.4, -0.2) is 54.0 Å². The van der Waals surface area contributed by atoms with Crippen LogP contribution < -0.4 is 0 Å². The standard InChI is InChI=1S/C20H29ClO6S/c1-25-10-11-26-12-13-27-14-17-18(28(2,23)24)9-8-16(19(17)21)20(22)15-6-4-3-5-7-15/h8-9,15H,3-7,10-14H2,1-2H3. The zero-order valence-electron chi connectivity index (χ0n) is 16.5. The van der Waals surface area contributed by atoms with E-state index in [-0.39, 0.29) is 34.8 Å². The number of carbonyl (C=O) groups excluding carboxylic acids is 1. The molecule has 0 aromatic heterocycles. The van der Waals surface area contributed by atoms with Crippen LogP contribution in [0.2, 0.25) is 5.02 Å². The average Bonchev–Trinajstić information content (AvgIpc) is 2.67. The predicted octanol–water partition coefficient (Wildman–Crippen LogP) is 3.69. The molecular formula is C20H29ClO6S. The van der Waals surface area contributed by atoms with Gasteiger partial charge in [-0.2, -0.15) is 0 Å². The highest BCUT2D eigenvalue weighted by Crippen LogP contribution is 2.33. The summed E-state index contributed by atoms with van der Waals surface area (Å²) >= 11 is 6.50. The average molecular weight is 433 g/mol. The van der Waals surface area contributed by atoms with Gasteiger partial charge in [-0.05, 0) is 25.0 Å². The highest BCUT2D eigenvalue weighted by atomic mass is 35.5. The van der Waals surface area contributed by atoms with Crippen LogP contribution in [-0.2, 0) is 30.7 Å². The number of sulfone groups is 1. The SMILES string of the molecule is COCCOCCOCc1c(S(C)(=O)=O)ccc(C(=O)C2CCCCC2)c1Cl. The second kappa shape index (κ2) is 11.3. The number of Topliss-reactive ketones (excluding diaryl/α,β-unsaturated/α-hetero) is 1. The molecule has 0 aliphatic heterocycles. The van der Waals surface area contributed by atoms with E-state index in [1.165, 1.54) is 12.1 Å². The van der Waals surface area contributed by atoms with Gasteiger partial charge in [0.2, 0.25) is 0 Å². The fourth-order valence-corrected chi connectivity index (χ4v) is 4.69. The first-order valence-electron chi connectivity index (χ1n) is 9.56. The third-order valence-corrected chi connectivity index (χ3v) is 6.50. The van der Waals surface area contributed by atoms with Gasteiger partial charge in [0.15, 0.2) is 15.6 Å². The Kier molecular flexibility index (Phi) is 9.37. The number of benzene rings is 1. The molecule has 0 N–H and O–H groups in total. The van der Waals surface area contributed by atoms with E-state index in [0.717, 1.165) is 38.4 Å². The van der Waals surface area contributed by atoms with Crippen LogP contribution in [0.3, 0.4) is 0 Å². The van der Waals surface area contributed by atoms with Crippen molar-refractivity contribution >= 4 is 27.2 Å². The molecule has 28 heavy (non-hydrogen) atoms. The van der Waals surface area contributed by atoms with Gasteiger partial charge in [-0.3, -0.25) is 4.79 Å². The lowest BCUT2D eigenvalue weighted by Gasteiger charge is -2.22. The van der Waals surface area contributed by atoms with Crippen molar-refractivity contribution in [2.45, 2.75) is 43.6 Å². The molecule has 1 saturated carbocycles. The van der Waals surface area contributed by atoms with Crippen LogP contribution in [0.5, 0.6) is 0 Å². The van der Waals surface area contributed by atoms with Gasteiger partial charge < -0.3 is 14.2 Å². The van der Waals surface area contributed by atoms with Crippen molar-refractivity contribution in [3.63, 3.8) is 0 Å². The van der Waals surface area contributed by atoms with E-state index in [2.05, 4.69) is 0 Å². The van der Waals surface area contributed by atoms with Gasteiger partial charge in [-0.25, -0.2) is 8.42 Å². The van der Waals surface area contributed by atoms with Crippen LogP contribution >= 0.6 is 11.6 Å². The summed E-state index contributed by atoms with van der Waals surface area (Å²) in [6.07, 6.45) is 6.05. The fourth-order valence-electron chi connectivity index (χ4n) is 3.40. The van der Waals surface area contributed by atoms with Crippen molar-refractivity contribution < 1.29 is 27.4 Å². The summed E-state index contributed by atoms with van der Waals surface area (Å²) in [6.45, 7) is 1.59. The van der Waals surface area contributed by atoms with Crippen molar-refractivity contribution in [2.75, 3.05) is 39.8 Å². The van der Waals surface area contributed by atoms with E-state index in [1.807, 2.05) is 0 Å². The molecule has 0 bridgehead atoms. The first-order valence-corrected chi connectivity index (χ1v) is 11.8. The molecule has 6 nitrogen and oxygen atoms in total. The molecule has 8 heteroatoms. The summed E-state index contributed by atoms with van der Waals surface area (Å²) in [4.78, 5) is 13.0. The van der Waals surface area contributed by atoms with Gasteiger partial charge in [0.25, 0.3) is 0 Å². The number of ether oxygens (including phenoxy) is 3. The topological polar surface area (TPSA) is 78.9 Å². The van der Waals surface area contributed by atoms with Gasteiger partial charge >= 0.3 is 0 Å². The van der Waals surface area contributed by atoms with Crippen LogP contribution in [0.1, 0.15) is 48.0 Å². The quantitative estimate of drug-likeness (QED) is 0.392. The minimum atomic E-state index is -3.50. The number of rotatable bonds is 11. The Labute approximate surface area is 172 Å². The van der Waals surface area contributed by atoms with E-state index in [9.17, 15) is 13.2 Å². The van der Waals surface area contributed by atoms with Crippen LogP contribution in [0.15, 0.2) is 17.0 Å². The number of methoxy groups -OCH3 is 1. The summed E-state index contributed by atoms with van der Waals surface area (Å²) in [5, 5.41) is 0.179. The van der Waals surface area contributed by atoms with E-state index in [0.29, 0.717) is 30.9 Å². The molecule has 2 rings (SSSR count). The van der Waals surface area contributed by atoms with Crippen LogP contribution in [0.4, 0.5) is 0 Å². The zero-order valence-corrected chi connectivity index (χ0v) is 18.1. The molecule has 0 spiro atoms. The molecule has 0 radical (unpaired) electrons. The van der Waals surface area contributed by atoms with Crippen molar-refractivity contribution in [3.05, 3.63) is 28.3 Å². The van der Waals surface area contributed by atoms with Gasteiger partial charge in [0.05, 0.1) is 43.0 Å². The summed E-state index contributed by atoms with van der Waals surface area (Å²) in [6, 6.07) is 3.00. The Morgan fingerprint density at radius 1 is 1.07 bits per heavy atom. The minimum Gasteiger partial charge on any atom is -0.382 e. The zero-order chi connectivity index (χ0) is 20.6. The number of carbonyl (C=O) groups is 1. The minimum absolute atomic E-state index is 0.000656. The molecule has 1 fully saturated rings. The summed E-state index contributed by atoms with van der Waals surface area (Å²) in [7, 11) is -1.91. The van der Waals surface area contributed by atoms with Crippen molar-refractivity contribution in [2.24, 2.45) is 5.92 Å².